The van der Waals surface area contributed by atoms with Gasteiger partial charge in [0, 0.05) is 37.5 Å². The van der Waals surface area contributed by atoms with Crippen LogP contribution >= 0.6 is 0 Å². The molecule has 0 aliphatic rings. The average molecular weight is 419 g/mol. The largest absolute Gasteiger partial charge is 0.438 e. The van der Waals surface area contributed by atoms with Crippen LogP contribution in [0.5, 0.6) is 11.6 Å². The Morgan fingerprint density at radius 1 is 1.26 bits per heavy atom. The highest BCUT2D eigenvalue weighted by atomic mass is 16.5. The Bertz CT molecular complexity index is 1260. The van der Waals surface area contributed by atoms with Crippen molar-refractivity contribution >= 4 is 17.8 Å². The predicted octanol–water partition coefficient (Wildman–Crippen LogP) is 1.97. The molecule has 4 N–H and O–H groups in total. The minimum absolute atomic E-state index is 0.220. The number of aromatic nitrogens is 4. The first-order chi connectivity index (χ1) is 14.9. The molecule has 0 saturated heterocycles. The van der Waals surface area contributed by atoms with E-state index in [0.29, 0.717) is 18.8 Å². The minimum atomic E-state index is -0.495. The number of ether oxygens (including phenoxy) is 1. The number of hydrogen-bond donors (Lipinski definition) is 3. The molecule has 10 nitrogen and oxygen atoms in total. The first kappa shape index (κ1) is 21.3. The molecule has 0 unspecified atom stereocenters. The third-order valence-corrected chi connectivity index (χ3v) is 4.29. The molecule has 0 radical (unpaired) electrons. The van der Waals surface area contributed by atoms with E-state index in [0.717, 1.165) is 16.7 Å². The lowest BCUT2D eigenvalue weighted by Crippen LogP contribution is -2.30. The molecule has 0 saturated carbocycles. The highest BCUT2D eigenvalue weighted by Crippen LogP contribution is 2.30. The number of nitrogen functional groups attached to an aromatic ring is 1. The van der Waals surface area contributed by atoms with Gasteiger partial charge in [-0.3, -0.25) is 14.3 Å². The van der Waals surface area contributed by atoms with Crippen molar-refractivity contribution < 1.29 is 4.74 Å². The predicted molar refractivity (Wildman–Crippen MR) is 117 cm³/mol. The van der Waals surface area contributed by atoms with Crippen molar-refractivity contribution in [2.45, 2.75) is 20.4 Å². The number of nitrogens with zero attached hydrogens (tertiary/aromatic N) is 4. The monoisotopic (exact) mass is 419 g/mol. The number of aromatic amines is 1. The van der Waals surface area contributed by atoms with Gasteiger partial charge in [0.1, 0.15) is 11.6 Å². The summed E-state index contributed by atoms with van der Waals surface area (Å²) >= 11 is 0. The van der Waals surface area contributed by atoms with Crippen LogP contribution < -0.4 is 27.0 Å². The summed E-state index contributed by atoms with van der Waals surface area (Å²) < 4.78 is 7.32. The molecule has 3 rings (SSSR count). The van der Waals surface area contributed by atoms with Crippen LogP contribution in [0.2, 0.25) is 0 Å². The summed E-state index contributed by atoms with van der Waals surface area (Å²) in [7, 11) is 0. The zero-order chi connectivity index (χ0) is 22.4. The summed E-state index contributed by atoms with van der Waals surface area (Å²) in [4.78, 5) is 33.5. The van der Waals surface area contributed by atoms with Crippen molar-refractivity contribution in [2.24, 2.45) is 0 Å². The number of rotatable bonds is 7. The summed E-state index contributed by atoms with van der Waals surface area (Å²) in [5.74, 6) is 1.37. The van der Waals surface area contributed by atoms with E-state index in [1.54, 1.807) is 6.08 Å². The SMILES string of the molecule is Cc1cc(/C=C/C#N)cc(C)c1Oc1cc(N)nc(NCCn2ccc(=O)[nH]c2=O)n1. The van der Waals surface area contributed by atoms with E-state index >= 15 is 0 Å². The zero-order valence-electron chi connectivity index (χ0n) is 17.0. The number of nitriles is 1. The Kier molecular flexibility index (Phi) is 6.47. The minimum Gasteiger partial charge on any atom is -0.438 e. The number of nitrogens with two attached hydrogens (primary N) is 1. The van der Waals surface area contributed by atoms with Crippen LogP contribution in [0.4, 0.5) is 11.8 Å². The first-order valence-electron chi connectivity index (χ1n) is 9.39. The van der Waals surface area contributed by atoms with E-state index in [4.69, 9.17) is 15.7 Å². The van der Waals surface area contributed by atoms with Gasteiger partial charge in [-0.1, -0.05) is 0 Å². The number of nitrogens with one attached hydrogen (secondary N) is 2. The Morgan fingerprint density at radius 2 is 2.00 bits per heavy atom. The fourth-order valence-electron chi connectivity index (χ4n) is 2.96. The van der Waals surface area contributed by atoms with Crippen LogP contribution in [0.1, 0.15) is 16.7 Å². The van der Waals surface area contributed by atoms with Gasteiger partial charge in [-0.15, -0.1) is 0 Å². The molecule has 3 aromatic rings. The Morgan fingerprint density at radius 3 is 2.68 bits per heavy atom. The van der Waals surface area contributed by atoms with Crippen molar-refractivity contribution in [2.75, 3.05) is 17.6 Å². The molecule has 0 bridgehead atoms. The third kappa shape index (κ3) is 5.57. The van der Waals surface area contributed by atoms with Crippen molar-refractivity contribution in [1.29, 1.82) is 5.26 Å². The summed E-state index contributed by atoms with van der Waals surface area (Å²) in [6.45, 7) is 4.42. The smallest absolute Gasteiger partial charge is 0.328 e. The normalized spacial score (nSPS) is 10.7. The van der Waals surface area contributed by atoms with Crippen LogP contribution in [0.25, 0.3) is 6.08 Å². The third-order valence-electron chi connectivity index (χ3n) is 4.29. The molecule has 0 fully saturated rings. The summed E-state index contributed by atoms with van der Waals surface area (Å²) in [5, 5.41) is 11.7. The maximum absolute atomic E-state index is 11.7. The molecule has 31 heavy (non-hydrogen) atoms. The summed E-state index contributed by atoms with van der Waals surface area (Å²) in [6.07, 6.45) is 4.56. The molecule has 1 aromatic carbocycles. The fourth-order valence-corrected chi connectivity index (χ4v) is 2.96. The second-order valence-corrected chi connectivity index (χ2v) is 6.73. The van der Waals surface area contributed by atoms with Gasteiger partial charge < -0.3 is 15.8 Å². The van der Waals surface area contributed by atoms with Gasteiger partial charge in [-0.2, -0.15) is 15.2 Å². The highest BCUT2D eigenvalue weighted by Gasteiger charge is 2.10. The van der Waals surface area contributed by atoms with E-state index in [1.807, 2.05) is 32.0 Å². The number of anilines is 2. The van der Waals surface area contributed by atoms with Crippen molar-refractivity contribution in [3.63, 3.8) is 0 Å². The summed E-state index contributed by atoms with van der Waals surface area (Å²) in [6, 6.07) is 8.57. The standard InChI is InChI=1S/C21H21N7O3/c1-13-10-15(4-3-6-22)11-14(2)19(13)31-18-12-16(23)25-20(27-18)24-7-9-28-8-5-17(29)26-21(28)30/h3-5,8,10-12H,7,9H2,1-2H3,(H,26,29,30)(H3,23,24,25,27)/b4-3+. The van der Waals surface area contributed by atoms with Crippen LogP contribution in [-0.2, 0) is 6.54 Å². The number of H-pyrrole nitrogens is 1. The fraction of sp³-hybridized carbons (Fsp3) is 0.190. The van der Waals surface area contributed by atoms with Gasteiger partial charge in [0.25, 0.3) is 5.56 Å². The molecule has 0 aliphatic heterocycles. The molecular formula is C21H21N7O3. The second-order valence-electron chi connectivity index (χ2n) is 6.73. The maximum Gasteiger partial charge on any atom is 0.328 e. The first-order valence-corrected chi connectivity index (χ1v) is 9.39. The topological polar surface area (TPSA) is 152 Å². The van der Waals surface area contributed by atoms with Crippen molar-refractivity contribution in [1.82, 2.24) is 19.5 Å². The number of allylic oxidation sites excluding steroid dienone is 1. The zero-order valence-corrected chi connectivity index (χ0v) is 17.0. The second kappa shape index (κ2) is 9.41. The van der Waals surface area contributed by atoms with E-state index in [9.17, 15) is 9.59 Å². The Labute approximate surface area is 177 Å². The Hall–Kier alpha value is -4.39. The van der Waals surface area contributed by atoms with E-state index in [1.165, 1.54) is 29.0 Å². The number of hydrogen-bond acceptors (Lipinski definition) is 8. The molecule has 10 heteroatoms. The highest BCUT2D eigenvalue weighted by molar-refractivity contribution is 5.58. The molecule has 158 valence electrons. The summed E-state index contributed by atoms with van der Waals surface area (Å²) in [5.41, 5.74) is 7.59. The molecule has 0 atom stereocenters. The molecule has 2 heterocycles. The lowest BCUT2D eigenvalue weighted by Gasteiger charge is -2.13. The molecule has 2 aromatic heterocycles. The van der Waals surface area contributed by atoms with Crippen molar-refractivity contribution in [3.8, 4) is 17.7 Å². The molecule has 0 aliphatic carbocycles. The van der Waals surface area contributed by atoms with Crippen molar-refractivity contribution in [3.05, 3.63) is 74.1 Å². The van der Waals surface area contributed by atoms with Crippen LogP contribution in [0.15, 0.2) is 46.1 Å². The van der Waals surface area contributed by atoms with Gasteiger partial charge in [0.2, 0.25) is 11.8 Å². The lowest BCUT2D eigenvalue weighted by atomic mass is 10.1. The van der Waals surface area contributed by atoms with Crippen LogP contribution in [0.3, 0.4) is 0 Å². The maximum atomic E-state index is 11.7. The molecule has 0 spiro atoms. The van der Waals surface area contributed by atoms with Crippen LogP contribution in [-0.4, -0.2) is 26.1 Å². The number of benzene rings is 1. The van der Waals surface area contributed by atoms with E-state index in [-0.39, 0.29) is 17.6 Å². The van der Waals surface area contributed by atoms with Gasteiger partial charge in [-0.05, 0) is 48.7 Å². The lowest BCUT2D eigenvalue weighted by molar-refractivity contribution is 0.455. The quantitative estimate of drug-likeness (QED) is 0.492. The van der Waals surface area contributed by atoms with E-state index in [2.05, 4.69) is 20.3 Å². The number of aryl methyl sites for hydroxylation is 2. The van der Waals surface area contributed by atoms with E-state index < -0.39 is 11.2 Å². The Balaban J connectivity index is 1.74. The van der Waals surface area contributed by atoms with Gasteiger partial charge in [0.05, 0.1) is 6.07 Å². The van der Waals surface area contributed by atoms with Crippen LogP contribution in [0, 0.1) is 25.2 Å². The molecular weight excluding hydrogens is 398 g/mol. The average Bonchev–Trinajstić information content (AvgIpc) is 2.70. The molecule has 0 amide bonds. The van der Waals surface area contributed by atoms with Gasteiger partial charge in [0.15, 0.2) is 0 Å². The van der Waals surface area contributed by atoms with Gasteiger partial charge in [-0.25, -0.2) is 4.79 Å². The van der Waals surface area contributed by atoms with Gasteiger partial charge >= 0.3 is 5.69 Å².